The molecule has 0 N–H and O–H groups in total. The predicted molar refractivity (Wildman–Crippen MR) is 117 cm³/mol. The Morgan fingerprint density at radius 1 is 0.594 bits per heavy atom. The van der Waals surface area contributed by atoms with Crippen LogP contribution < -0.4 is 0 Å². The molecule has 2 aromatic rings. The van der Waals surface area contributed by atoms with Gasteiger partial charge in [0.25, 0.3) is 0 Å². The number of ether oxygens (including phenoxy) is 4. The molecule has 8 heteroatoms. The maximum Gasteiger partial charge on any atom is 0.339 e. The molecule has 0 unspecified atom stereocenters. The van der Waals surface area contributed by atoms with Crippen LogP contribution in [0.25, 0.3) is 22.9 Å². The number of carbonyl (C=O) groups excluding carboxylic acids is 4. The molecule has 0 amide bonds. The molecule has 8 nitrogen and oxygen atoms in total. The summed E-state index contributed by atoms with van der Waals surface area (Å²) >= 11 is 0. The Balaban J connectivity index is 2.44. The largest absolute Gasteiger partial charge is 0.462 e. The number of esters is 4. The molecule has 0 atom stereocenters. The van der Waals surface area contributed by atoms with Crippen molar-refractivity contribution >= 4 is 46.8 Å². The van der Waals surface area contributed by atoms with E-state index in [0.717, 1.165) is 0 Å². The molecule has 0 bridgehead atoms. The Hall–Kier alpha value is -3.68. The Morgan fingerprint density at radius 2 is 1.06 bits per heavy atom. The lowest BCUT2D eigenvalue weighted by Crippen LogP contribution is -2.17. The average molecular weight is 440 g/mol. The molecule has 0 aliphatic heterocycles. The van der Waals surface area contributed by atoms with E-state index in [2.05, 4.69) is 0 Å². The van der Waals surface area contributed by atoms with E-state index in [1.807, 2.05) is 0 Å². The summed E-state index contributed by atoms with van der Waals surface area (Å²) in [5.74, 6) is -2.70. The minimum Gasteiger partial charge on any atom is -0.462 e. The smallest absolute Gasteiger partial charge is 0.339 e. The van der Waals surface area contributed by atoms with Gasteiger partial charge in [-0.3, -0.25) is 0 Å². The van der Waals surface area contributed by atoms with Gasteiger partial charge < -0.3 is 18.9 Å². The summed E-state index contributed by atoms with van der Waals surface area (Å²) < 4.78 is 20.7. The van der Waals surface area contributed by atoms with Crippen LogP contribution in [0.15, 0.2) is 12.1 Å². The van der Waals surface area contributed by atoms with Gasteiger partial charge in [-0.1, -0.05) is 12.2 Å². The van der Waals surface area contributed by atoms with Crippen molar-refractivity contribution < 1.29 is 38.1 Å². The molecule has 2 aromatic carbocycles. The van der Waals surface area contributed by atoms with Crippen LogP contribution >= 0.6 is 0 Å². The number of carbonyl (C=O) groups is 4. The fourth-order valence-electron chi connectivity index (χ4n) is 3.70. The zero-order valence-electron chi connectivity index (χ0n) is 18.4. The van der Waals surface area contributed by atoms with Crippen LogP contribution in [0.5, 0.6) is 0 Å². The zero-order valence-corrected chi connectivity index (χ0v) is 18.4. The molecule has 0 radical (unpaired) electrons. The van der Waals surface area contributed by atoms with E-state index in [-0.39, 0.29) is 48.7 Å². The first-order valence-corrected chi connectivity index (χ1v) is 10.4. The topological polar surface area (TPSA) is 105 Å². The van der Waals surface area contributed by atoms with E-state index in [4.69, 9.17) is 18.9 Å². The molecule has 0 saturated heterocycles. The van der Waals surface area contributed by atoms with E-state index < -0.39 is 23.9 Å². The molecular weight excluding hydrogens is 416 g/mol. The summed E-state index contributed by atoms with van der Waals surface area (Å²) in [6.45, 7) is 7.11. The Bertz CT molecular complexity index is 1140. The molecule has 0 fully saturated rings. The van der Waals surface area contributed by atoms with Crippen LogP contribution in [0, 0.1) is 0 Å². The lowest BCUT2D eigenvalue weighted by molar-refractivity contribution is 0.0479. The molecule has 32 heavy (non-hydrogen) atoms. The Kier molecular flexibility index (Phi) is 6.92. The summed E-state index contributed by atoms with van der Waals surface area (Å²) in [5, 5.41) is 0.831. The normalized spacial score (nSPS) is 11.4. The van der Waals surface area contributed by atoms with Crippen LogP contribution in [0.4, 0.5) is 0 Å². The second-order valence-corrected chi connectivity index (χ2v) is 6.74. The molecule has 0 aromatic heterocycles. The van der Waals surface area contributed by atoms with Crippen molar-refractivity contribution in [1.82, 2.24) is 0 Å². The van der Waals surface area contributed by atoms with Crippen LogP contribution in [-0.4, -0.2) is 50.3 Å². The highest BCUT2D eigenvalue weighted by molar-refractivity contribution is 6.22. The van der Waals surface area contributed by atoms with Gasteiger partial charge in [-0.15, -0.1) is 0 Å². The third kappa shape index (κ3) is 3.95. The van der Waals surface area contributed by atoms with Gasteiger partial charge in [0.2, 0.25) is 0 Å². The molecule has 0 spiro atoms. The highest BCUT2D eigenvalue weighted by Gasteiger charge is 2.31. The summed E-state index contributed by atoms with van der Waals surface area (Å²) in [6.07, 6.45) is 3.26. The van der Waals surface area contributed by atoms with E-state index in [1.165, 1.54) is 12.1 Å². The average Bonchev–Trinajstić information content (AvgIpc) is 3.20. The molecule has 168 valence electrons. The fourth-order valence-corrected chi connectivity index (χ4v) is 3.70. The predicted octanol–water partition coefficient (Wildman–Crippen LogP) is 4.03. The van der Waals surface area contributed by atoms with Gasteiger partial charge in [-0.25, -0.2) is 19.2 Å². The van der Waals surface area contributed by atoms with Gasteiger partial charge in [-0.05, 0) is 61.7 Å². The SMILES string of the molecule is CCOC(=O)c1cc2c(C(=O)OCC)cc(C(=O)OCC)c3c2c(c1C(=O)OCC)C=C3. The monoisotopic (exact) mass is 440 g/mol. The quantitative estimate of drug-likeness (QED) is 0.382. The molecule has 0 heterocycles. The van der Waals surface area contributed by atoms with Crippen molar-refractivity contribution in [1.29, 1.82) is 0 Å². The summed E-state index contributed by atoms with van der Waals surface area (Å²) in [5.41, 5.74) is 1.09. The van der Waals surface area contributed by atoms with Crippen LogP contribution in [-0.2, 0) is 18.9 Å². The number of hydrogen-bond acceptors (Lipinski definition) is 8. The lowest BCUT2D eigenvalue weighted by atomic mass is 9.89. The zero-order chi connectivity index (χ0) is 23.4. The molecular formula is C24H24O8. The molecule has 1 aliphatic rings. The lowest BCUT2D eigenvalue weighted by Gasteiger charge is -2.17. The first-order valence-electron chi connectivity index (χ1n) is 10.4. The summed E-state index contributed by atoms with van der Waals surface area (Å²) in [6, 6.07) is 2.81. The van der Waals surface area contributed by atoms with Gasteiger partial charge >= 0.3 is 23.9 Å². The van der Waals surface area contributed by atoms with Crippen molar-refractivity contribution in [2.75, 3.05) is 26.4 Å². The second-order valence-electron chi connectivity index (χ2n) is 6.74. The van der Waals surface area contributed by atoms with Crippen molar-refractivity contribution in [2.45, 2.75) is 27.7 Å². The second kappa shape index (κ2) is 9.64. The maximum atomic E-state index is 12.8. The fraction of sp³-hybridized carbons (Fsp3) is 0.333. The van der Waals surface area contributed by atoms with Gasteiger partial charge in [-0.2, -0.15) is 0 Å². The minimum atomic E-state index is -0.722. The van der Waals surface area contributed by atoms with Crippen molar-refractivity contribution in [3.8, 4) is 0 Å². The van der Waals surface area contributed by atoms with Crippen molar-refractivity contribution in [3.05, 3.63) is 45.5 Å². The molecule has 0 saturated carbocycles. The molecule has 3 rings (SSSR count). The third-order valence-electron chi connectivity index (χ3n) is 4.89. The molecule has 1 aliphatic carbocycles. The Labute approximate surface area is 185 Å². The van der Waals surface area contributed by atoms with Gasteiger partial charge in [0, 0.05) is 0 Å². The first kappa shape index (κ1) is 23.0. The van der Waals surface area contributed by atoms with Gasteiger partial charge in [0.05, 0.1) is 48.7 Å². The number of hydrogen-bond donors (Lipinski definition) is 0. The summed E-state index contributed by atoms with van der Waals surface area (Å²) in [7, 11) is 0. The highest BCUT2D eigenvalue weighted by Crippen LogP contribution is 2.40. The van der Waals surface area contributed by atoms with Gasteiger partial charge in [0.1, 0.15) is 0 Å². The standard InChI is InChI=1S/C24H24O8/c1-5-29-21(25)16-12-17(22(26)30-6-2)15-11-18(23(27)31-7-3)20(24(28)32-8-4)14-10-9-13(16)19(14)15/h9-12H,5-8H2,1-4H3. The van der Waals surface area contributed by atoms with Crippen molar-refractivity contribution in [3.63, 3.8) is 0 Å². The minimum absolute atomic E-state index is 0.0172. The summed E-state index contributed by atoms with van der Waals surface area (Å²) in [4.78, 5) is 50.9. The van der Waals surface area contributed by atoms with E-state index >= 15 is 0 Å². The van der Waals surface area contributed by atoms with E-state index in [1.54, 1.807) is 39.8 Å². The number of benzene rings is 2. The van der Waals surface area contributed by atoms with Crippen molar-refractivity contribution in [2.24, 2.45) is 0 Å². The van der Waals surface area contributed by atoms with Crippen LogP contribution in [0.3, 0.4) is 0 Å². The van der Waals surface area contributed by atoms with E-state index in [0.29, 0.717) is 21.9 Å². The third-order valence-corrected chi connectivity index (χ3v) is 4.89. The van der Waals surface area contributed by atoms with E-state index in [9.17, 15) is 19.2 Å². The van der Waals surface area contributed by atoms with Crippen LogP contribution in [0.2, 0.25) is 0 Å². The number of rotatable bonds is 8. The maximum absolute atomic E-state index is 12.8. The van der Waals surface area contributed by atoms with Crippen LogP contribution in [0.1, 0.15) is 80.3 Å². The first-order chi connectivity index (χ1) is 15.4. The Morgan fingerprint density at radius 3 is 1.62 bits per heavy atom. The van der Waals surface area contributed by atoms with Gasteiger partial charge in [0.15, 0.2) is 0 Å². The highest BCUT2D eigenvalue weighted by atomic mass is 16.5.